The van der Waals surface area contributed by atoms with E-state index >= 15 is 0 Å². The molecule has 0 spiro atoms. The quantitative estimate of drug-likeness (QED) is 0.162. The van der Waals surface area contributed by atoms with E-state index in [1.165, 1.54) is 23.9 Å². The van der Waals surface area contributed by atoms with Crippen LogP contribution < -0.4 is 5.56 Å². The minimum Gasteiger partial charge on any atom is -0.301 e. The Labute approximate surface area is 212 Å². The average molecular weight is 583 g/mol. The number of hydrogen-bond donors (Lipinski definition) is 1. The molecular weight excluding hydrogens is 564 g/mol. The fourth-order valence-electron chi connectivity index (χ4n) is 3.70. The molecule has 0 saturated heterocycles. The summed E-state index contributed by atoms with van der Waals surface area (Å²) in [7, 11) is 0. The number of hydrogen-bond acceptors (Lipinski definition) is 5. The van der Waals surface area contributed by atoms with Gasteiger partial charge in [-0.25, -0.2) is 14.1 Å². The minimum absolute atomic E-state index is 0.145. The first-order valence-corrected chi connectivity index (χ1v) is 12.6. The second-order valence-corrected chi connectivity index (χ2v) is 9.81. The summed E-state index contributed by atoms with van der Waals surface area (Å²) in [4.78, 5) is 20.2. The summed E-state index contributed by atoms with van der Waals surface area (Å²) in [5, 5.41) is 11.2. The molecule has 0 aliphatic carbocycles. The third-order valence-electron chi connectivity index (χ3n) is 5.35. The van der Waals surface area contributed by atoms with Crippen molar-refractivity contribution >= 4 is 45.1 Å². The maximum absolute atomic E-state index is 13.1. The van der Waals surface area contributed by atoms with Crippen LogP contribution in [0.3, 0.4) is 0 Å². The Kier molecular flexibility index (Phi) is 6.73. The van der Waals surface area contributed by atoms with Crippen LogP contribution >= 0.6 is 34.4 Å². The third-order valence-corrected chi connectivity index (χ3v) is 7.37. The highest BCUT2D eigenvalue weighted by Gasteiger charge is 2.13. The molecule has 0 fully saturated rings. The number of benzene rings is 3. The molecule has 2 aromatic heterocycles. The van der Waals surface area contributed by atoms with Gasteiger partial charge in [-0.05, 0) is 56.6 Å². The number of halogens is 2. The van der Waals surface area contributed by atoms with Crippen molar-refractivity contribution in [2.75, 3.05) is 0 Å². The van der Waals surface area contributed by atoms with E-state index in [0.29, 0.717) is 27.4 Å². The highest BCUT2D eigenvalue weighted by Crippen LogP contribution is 2.24. The lowest BCUT2D eigenvalue weighted by Crippen LogP contribution is -2.16. The van der Waals surface area contributed by atoms with Crippen molar-refractivity contribution in [3.63, 3.8) is 0 Å². The normalized spacial score (nSPS) is 11.2. The van der Waals surface area contributed by atoms with Gasteiger partial charge in [0.15, 0.2) is 5.16 Å². The highest BCUT2D eigenvalue weighted by atomic mass is 127. The van der Waals surface area contributed by atoms with E-state index in [-0.39, 0.29) is 11.4 Å². The fraction of sp³-hybridized carbons (Fsp3) is 0.120. The van der Waals surface area contributed by atoms with E-state index in [1.807, 2.05) is 24.4 Å². The first kappa shape index (κ1) is 22.7. The summed E-state index contributed by atoms with van der Waals surface area (Å²) < 4.78 is 15.4. The first-order chi connectivity index (χ1) is 16.5. The van der Waals surface area contributed by atoms with E-state index < -0.39 is 0 Å². The summed E-state index contributed by atoms with van der Waals surface area (Å²) in [6, 6.07) is 20.7. The molecule has 0 aliphatic heterocycles. The Bertz CT molecular complexity index is 1510. The molecule has 0 aliphatic rings. The molecule has 0 saturated carbocycles. The molecule has 6 nitrogen and oxygen atoms in total. The predicted octanol–water partition coefficient (Wildman–Crippen LogP) is 5.19. The molecule has 5 rings (SSSR count). The Morgan fingerprint density at radius 3 is 2.68 bits per heavy atom. The van der Waals surface area contributed by atoms with Gasteiger partial charge in [0, 0.05) is 18.4 Å². The minimum atomic E-state index is -0.265. The van der Waals surface area contributed by atoms with Crippen molar-refractivity contribution in [2.24, 2.45) is 0 Å². The van der Waals surface area contributed by atoms with Gasteiger partial charge in [0.05, 0.1) is 17.9 Å². The molecule has 170 valence electrons. The Morgan fingerprint density at radius 1 is 1.03 bits per heavy atom. The standard InChI is InChI=1S/C25H19FIN5OS/c26-19-10-8-16(9-11-19)13-32-14-20(30-31-32)15-34-25-28-22(23(27)24(33)29-25)12-18-6-3-5-17-4-1-2-7-21(17)18/h1-11,14H,12-13,15H2,(H,28,29,33). The number of aromatic nitrogens is 5. The van der Waals surface area contributed by atoms with Gasteiger partial charge in [-0.1, -0.05) is 71.6 Å². The van der Waals surface area contributed by atoms with Crippen molar-refractivity contribution in [2.45, 2.75) is 23.9 Å². The van der Waals surface area contributed by atoms with Gasteiger partial charge in [-0.3, -0.25) is 4.79 Å². The molecule has 3 aromatic carbocycles. The number of H-pyrrole nitrogens is 1. The number of rotatable bonds is 7. The molecule has 5 aromatic rings. The highest BCUT2D eigenvalue weighted by molar-refractivity contribution is 14.1. The lowest BCUT2D eigenvalue weighted by atomic mass is 10.0. The summed E-state index contributed by atoms with van der Waals surface area (Å²) in [6.45, 7) is 0.506. The topological polar surface area (TPSA) is 76.5 Å². The summed E-state index contributed by atoms with van der Waals surface area (Å²) >= 11 is 3.47. The Balaban J connectivity index is 1.31. The Morgan fingerprint density at radius 2 is 1.82 bits per heavy atom. The lowest BCUT2D eigenvalue weighted by Gasteiger charge is -2.09. The second-order valence-electron chi connectivity index (χ2n) is 7.77. The van der Waals surface area contributed by atoms with E-state index in [9.17, 15) is 9.18 Å². The summed E-state index contributed by atoms with van der Waals surface area (Å²) in [5.74, 6) is 0.249. The largest absolute Gasteiger partial charge is 0.301 e. The SMILES string of the molecule is O=c1[nH]c(SCc2cn(Cc3ccc(F)cc3)nn2)nc(Cc2cccc3ccccc23)c1I. The smallest absolute Gasteiger partial charge is 0.265 e. The van der Waals surface area contributed by atoms with Crippen LogP contribution in [0, 0.1) is 9.39 Å². The molecule has 0 atom stereocenters. The average Bonchev–Trinajstić information content (AvgIpc) is 3.30. The molecule has 1 N–H and O–H groups in total. The molecule has 0 bridgehead atoms. The molecular formula is C25H19FIN5OS. The van der Waals surface area contributed by atoms with Crippen LogP contribution in [0.2, 0.25) is 0 Å². The molecule has 0 amide bonds. The molecule has 34 heavy (non-hydrogen) atoms. The molecule has 0 unspecified atom stereocenters. The van der Waals surface area contributed by atoms with Crippen LogP contribution in [-0.2, 0) is 18.7 Å². The Hall–Kier alpha value is -3.05. The number of nitrogens with one attached hydrogen (secondary N) is 1. The maximum atomic E-state index is 13.1. The molecule has 9 heteroatoms. The van der Waals surface area contributed by atoms with Crippen LogP contribution in [0.25, 0.3) is 10.8 Å². The number of nitrogens with zero attached hydrogens (tertiary/aromatic N) is 4. The third kappa shape index (κ3) is 5.20. The van der Waals surface area contributed by atoms with Crippen LogP contribution in [-0.4, -0.2) is 25.0 Å². The first-order valence-electron chi connectivity index (χ1n) is 10.6. The molecule has 2 heterocycles. The van der Waals surface area contributed by atoms with Gasteiger partial charge >= 0.3 is 0 Å². The van der Waals surface area contributed by atoms with E-state index in [4.69, 9.17) is 4.98 Å². The zero-order valence-electron chi connectivity index (χ0n) is 17.9. The fourth-order valence-corrected chi connectivity index (χ4v) is 4.90. The monoisotopic (exact) mass is 583 g/mol. The number of aromatic amines is 1. The zero-order chi connectivity index (χ0) is 23.5. The van der Waals surface area contributed by atoms with Gasteiger partial charge in [-0.15, -0.1) is 5.10 Å². The van der Waals surface area contributed by atoms with Crippen molar-refractivity contribution < 1.29 is 4.39 Å². The van der Waals surface area contributed by atoms with E-state index in [1.54, 1.807) is 16.8 Å². The van der Waals surface area contributed by atoms with Crippen molar-refractivity contribution in [1.82, 2.24) is 25.0 Å². The summed E-state index contributed by atoms with van der Waals surface area (Å²) in [5.41, 5.74) is 3.45. The number of fused-ring (bicyclic) bond motifs is 1. The lowest BCUT2D eigenvalue weighted by molar-refractivity contribution is 0.621. The van der Waals surface area contributed by atoms with Crippen molar-refractivity contribution in [1.29, 1.82) is 0 Å². The van der Waals surface area contributed by atoms with Gasteiger partial charge in [-0.2, -0.15) is 0 Å². The van der Waals surface area contributed by atoms with Crippen LogP contribution in [0.4, 0.5) is 4.39 Å². The van der Waals surface area contributed by atoms with Crippen LogP contribution in [0.1, 0.15) is 22.5 Å². The van der Waals surface area contributed by atoms with Crippen molar-refractivity contribution in [3.05, 3.63) is 115 Å². The predicted molar refractivity (Wildman–Crippen MR) is 139 cm³/mol. The van der Waals surface area contributed by atoms with E-state index in [0.717, 1.165) is 33.3 Å². The van der Waals surface area contributed by atoms with Crippen LogP contribution in [0.15, 0.2) is 82.9 Å². The number of thioether (sulfide) groups is 1. The molecule has 0 radical (unpaired) electrons. The van der Waals surface area contributed by atoms with Gasteiger partial charge in [0.25, 0.3) is 5.56 Å². The van der Waals surface area contributed by atoms with Gasteiger partial charge in [0.2, 0.25) is 0 Å². The van der Waals surface area contributed by atoms with Crippen molar-refractivity contribution in [3.8, 4) is 0 Å². The summed E-state index contributed by atoms with van der Waals surface area (Å²) in [6.07, 6.45) is 2.42. The zero-order valence-corrected chi connectivity index (χ0v) is 20.9. The van der Waals surface area contributed by atoms with Gasteiger partial charge < -0.3 is 4.98 Å². The van der Waals surface area contributed by atoms with E-state index in [2.05, 4.69) is 62.2 Å². The van der Waals surface area contributed by atoms with Gasteiger partial charge in [0.1, 0.15) is 9.39 Å². The second kappa shape index (κ2) is 10.1. The van der Waals surface area contributed by atoms with Crippen LogP contribution in [0.5, 0.6) is 0 Å². The maximum Gasteiger partial charge on any atom is 0.265 e.